The van der Waals surface area contributed by atoms with Gasteiger partial charge in [0.05, 0.1) is 26.3 Å². The number of aryl methyl sites for hydroxylation is 1. The summed E-state index contributed by atoms with van der Waals surface area (Å²) in [5, 5.41) is 12.3. The van der Waals surface area contributed by atoms with Crippen molar-refractivity contribution in [3.63, 3.8) is 0 Å². The van der Waals surface area contributed by atoms with Crippen molar-refractivity contribution >= 4 is 5.91 Å². The van der Waals surface area contributed by atoms with Gasteiger partial charge >= 0.3 is 0 Å². The van der Waals surface area contributed by atoms with Crippen LogP contribution >= 0.6 is 0 Å². The van der Waals surface area contributed by atoms with E-state index in [2.05, 4.69) is 20.4 Å². The van der Waals surface area contributed by atoms with Crippen LogP contribution in [-0.4, -0.2) is 74.0 Å². The lowest BCUT2D eigenvalue weighted by molar-refractivity contribution is -0.140. The Kier molecular flexibility index (Phi) is 5.16. The van der Waals surface area contributed by atoms with E-state index in [0.29, 0.717) is 38.7 Å². The molecule has 1 aliphatic rings. The topological polar surface area (TPSA) is 100 Å². The van der Waals surface area contributed by atoms with E-state index < -0.39 is 0 Å². The van der Waals surface area contributed by atoms with Gasteiger partial charge in [-0.25, -0.2) is 4.98 Å². The summed E-state index contributed by atoms with van der Waals surface area (Å²) < 4.78 is 12.5. The number of imidazole rings is 1. The second kappa shape index (κ2) is 7.49. The lowest BCUT2D eigenvalue weighted by Crippen LogP contribution is -2.44. The van der Waals surface area contributed by atoms with Gasteiger partial charge in [-0.15, -0.1) is 10.2 Å². The monoisotopic (exact) mass is 335 g/mol. The van der Waals surface area contributed by atoms with Crippen molar-refractivity contribution in [2.24, 2.45) is 0 Å². The van der Waals surface area contributed by atoms with Gasteiger partial charge < -0.3 is 18.9 Å². The zero-order valence-corrected chi connectivity index (χ0v) is 13.8. The molecule has 0 aliphatic carbocycles. The van der Waals surface area contributed by atoms with Crippen LogP contribution in [0.1, 0.15) is 17.8 Å². The van der Waals surface area contributed by atoms with Gasteiger partial charge in [0.25, 0.3) is 0 Å². The molecule has 24 heavy (non-hydrogen) atoms. The van der Waals surface area contributed by atoms with Crippen molar-refractivity contribution in [3.8, 4) is 0 Å². The van der Waals surface area contributed by atoms with Gasteiger partial charge in [-0.3, -0.25) is 4.79 Å². The number of carbonyl (C=O) groups is 1. The molecule has 1 saturated heterocycles. The Hall–Kier alpha value is -2.33. The first kappa shape index (κ1) is 16.5. The van der Waals surface area contributed by atoms with Crippen LogP contribution in [0.4, 0.5) is 0 Å². The van der Waals surface area contributed by atoms with Crippen molar-refractivity contribution in [1.82, 2.24) is 34.7 Å². The van der Waals surface area contributed by atoms with Crippen LogP contribution in [-0.2, 0) is 27.4 Å². The Morgan fingerprint density at radius 1 is 1.50 bits per heavy atom. The van der Waals surface area contributed by atoms with E-state index in [1.54, 1.807) is 24.4 Å². The van der Waals surface area contributed by atoms with Gasteiger partial charge in [-0.1, -0.05) is 0 Å². The summed E-state index contributed by atoms with van der Waals surface area (Å²) in [7, 11) is 1.62. The minimum Gasteiger partial charge on any atom is -0.383 e. The fraction of sp³-hybridized carbons (Fsp3) is 0.643. The third kappa shape index (κ3) is 3.77. The van der Waals surface area contributed by atoms with Crippen molar-refractivity contribution in [1.29, 1.82) is 0 Å². The van der Waals surface area contributed by atoms with Crippen molar-refractivity contribution in [3.05, 3.63) is 24.0 Å². The van der Waals surface area contributed by atoms with Crippen LogP contribution in [0.5, 0.6) is 0 Å². The van der Waals surface area contributed by atoms with Crippen LogP contribution in [0.15, 0.2) is 12.4 Å². The van der Waals surface area contributed by atoms with Gasteiger partial charge in [0, 0.05) is 26.0 Å². The number of carbonyl (C=O) groups excluding carboxylic acids is 1. The van der Waals surface area contributed by atoms with E-state index >= 15 is 0 Å². The number of morpholine rings is 1. The second-order valence-corrected chi connectivity index (χ2v) is 5.54. The Morgan fingerprint density at radius 3 is 3.12 bits per heavy atom. The van der Waals surface area contributed by atoms with E-state index in [-0.39, 0.29) is 18.6 Å². The van der Waals surface area contributed by atoms with Crippen molar-refractivity contribution in [2.45, 2.75) is 26.1 Å². The molecule has 0 bridgehead atoms. The summed E-state index contributed by atoms with van der Waals surface area (Å²) in [6.45, 7) is 4.61. The standard InChI is InChI=1S/C14H21N7O3/c1-11-15-3-4-19(11)10-13(22)20-5-8-24-12(9-20)14-16-18-21(17-14)6-7-23-2/h3-4,12H,5-10H2,1-2H3. The zero-order chi connectivity index (χ0) is 16.9. The zero-order valence-electron chi connectivity index (χ0n) is 13.8. The number of hydrogen-bond acceptors (Lipinski definition) is 7. The fourth-order valence-electron chi connectivity index (χ4n) is 2.50. The smallest absolute Gasteiger partial charge is 0.242 e. The molecule has 2 aromatic rings. The van der Waals surface area contributed by atoms with Crippen LogP contribution in [0.3, 0.4) is 0 Å². The molecule has 1 amide bonds. The Bertz CT molecular complexity index is 683. The molecule has 3 rings (SSSR count). The first-order chi connectivity index (χ1) is 11.7. The normalized spacial score (nSPS) is 18.1. The molecular formula is C14H21N7O3. The van der Waals surface area contributed by atoms with E-state index in [1.165, 1.54) is 4.80 Å². The third-order valence-electron chi connectivity index (χ3n) is 3.90. The maximum absolute atomic E-state index is 12.5. The van der Waals surface area contributed by atoms with Crippen molar-refractivity contribution < 1.29 is 14.3 Å². The third-order valence-corrected chi connectivity index (χ3v) is 3.90. The lowest BCUT2D eigenvalue weighted by atomic mass is 10.2. The lowest BCUT2D eigenvalue weighted by Gasteiger charge is -2.31. The van der Waals surface area contributed by atoms with Gasteiger partial charge in [0.15, 0.2) is 0 Å². The van der Waals surface area contributed by atoms with E-state index in [0.717, 1.165) is 5.82 Å². The van der Waals surface area contributed by atoms with Crippen LogP contribution < -0.4 is 0 Å². The van der Waals surface area contributed by atoms with Gasteiger partial charge in [0.1, 0.15) is 18.5 Å². The minimum atomic E-state index is -0.358. The molecule has 0 N–H and O–H groups in total. The Morgan fingerprint density at radius 2 is 2.38 bits per heavy atom. The maximum atomic E-state index is 12.5. The number of methoxy groups -OCH3 is 1. The summed E-state index contributed by atoms with van der Waals surface area (Å²) in [4.78, 5) is 19.9. The Balaban J connectivity index is 1.60. The highest BCUT2D eigenvalue weighted by Gasteiger charge is 2.28. The molecule has 1 atom stereocenters. The molecule has 1 aliphatic heterocycles. The summed E-state index contributed by atoms with van der Waals surface area (Å²) in [5.74, 6) is 1.33. The number of nitrogens with zero attached hydrogens (tertiary/aromatic N) is 7. The molecule has 3 heterocycles. The average molecular weight is 335 g/mol. The largest absolute Gasteiger partial charge is 0.383 e. The second-order valence-electron chi connectivity index (χ2n) is 5.54. The number of ether oxygens (including phenoxy) is 2. The number of rotatable bonds is 6. The molecule has 10 heteroatoms. The molecular weight excluding hydrogens is 314 g/mol. The highest BCUT2D eigenvalue weighted by molar-refractivity contribution is 5.76. The summed E-state index contributed by atoms with van der Waals surface area (Å²) in [6, 6.07) is 0. The van der Waals surface area contributed by atoms with Gasteiger partial charge in [0.2, 0.25) is 11.7 Å². The predicted molar refractivity (Wildman–Crippen MR) is 81.9 cm³/mol. The van der Waals surface area contributed by atoms with Crippen molar-refractivity contribution in [2.75, 3.05) is 33.4 Å². The van der Waals surface area contributed by atoms with Crippen LogP contribution in [0, 0.1) is 6.92 Å². The highest BCUT2D eigenvalue weighted by atomic mass is 16.5. The molecule has 0 radical (unpaired) electrons. The van der Waals surface area contributed by atoms with Gasteiger partial charge in [-0.2, -0.15) is 4.80 Å². The van der Waals surface area contributed by atoms with Crippen LogP contribution in [0.2, 0.25) is 0 Å². The number of tetrazole rings is 1. The molecule has 10 nitrogen and oxygen atoms in total. The fourth-order valence-corrected chi connectivity index (χ4v) is 2.50. The molecule has 130 valence electrons. The summed E-state index contributed by atoms with van der Waals surface area (Å²) in [5.41, 5.74) is 0. The molecule has 0 aromatic carbocycles. The number of amides is 1. The summed E-state index contributed by atoms with van der Waals surface area (Å²) >= 11 is 0. The van der Waals surface area contributed by atoms with Gasteiger partial charge in [-0.05, 0) is 12.1 Å². The predicted octanol–water partition coefficient (Wildman–Crippen LogP) is -0.575. The number of hydrogen-bond donors (Lipinski definition) is 0. The highest BCUT2D eigenvalue weighted by Crippen LogP contribution is 2.18. The minimum absolute atomic E-state index is 0.0242. The molecule has 0 saturated carbocycles. The first-order valence-corrected chi connectivity index (χ1v) is 7.81. The van der Waals surface area contributed by atoms with E-state index in [4.69, 9.17) is 9.47 Å². The summed E-state index contributed by atoms with van der Waals surface area (Å²) in [6.07, 6.45) is 3.13. The maximum Gasteiger partial charge on any atom is 0.242 e. The van der Waals surface area contributed by atoms with E-state index in [9.17, 15) is 4.79 Å². The SMILES string of the molecule is COCCn1nnc(C2CN(C(=O)Cn3ccnc3C)CCO2)n1. The molecule has 1 fully saturated rings. The Labute approximate surface area is 139 Å². The number of aromatic nitrogens is 6. The van der Waals surface area contributed by atoms with E-state index in [1.807, 2.05) is 11.5 Å². The molecule has 0 spiro atoms. The average Bonchev–Trinajstić information content (AvgIpc) is 3.23. The quantitative estimate of drug-likeness (QED) is 0.696. The molecule has 2 aromatic heterocycles. The first-order valence-electron chi connectivity index (χ1n) is 7.81. The molecule has 1 unspecified atom stereocenters. The van der Waals surface area contributed by atoms with Crippen LogP contribution in [0.25, 0.3) is 0 Å².